The summed E-state index contributed by atoms with van der Waals surface area (Å²) in [5.74, 6) is 1.71. The van der Waals surface area contributed by atoms with Gasteiger partial charge in [-0.2, -0.15) is 10.4 Å². The number of aromatic nitrogens is 5. The number of amides is 4. The van der Waals surface area contributed by atoms with Gasteiger partial charge in [0, 0.05) is 55.8 Å². The number of pyridine rings is 2. The molecule has 0 bridgehead atoms. The molecule has 8 rings (SSSR count). The van der Waals surface area contributed by atoms with E-state index in [1.807, 2.05) is 28.8 Å². The number of nitrogens with zero attached hydrogens (tertiary/aromatic N) is 8. The number of imidazole rings is 1. The van der Waals surface area contributed by atoms with Crippen LogP contribution in [0.5, 0.6) is 5.75 Å². The monoisotopic (exact) mass is 700 g/mol. The lowest BCUT2D eigenvalue weighted by atomic mass is 9.84. The molecule has 3 aliphatic rings. The first-order chi connectivity index (χ1) is 25.3. The molecule has 0 radical (unpaired) electrons. The normalized spacial score (nSPS) is 20.2. The van der Waals surface area contributed by atoms with Crippen LogP contribution in [-0.2, 0) is 4.79 Å². The molecule has 266 valence electrons. The van der Waals surface area contributed by atoms with Gasteiger partial charge in [-0.15, -0.1) is 0 Å². The molecule has 0 atom stereocenters. The average Bonchev–Trinajstić information content (AvgIpc) is 3.79. The van der Waals surface area contributed by atoms with Crippen LogP contribution < -0.4 is 20.3 Å². The maximum absolute atomic E-state index is 12.9. The lowest BCUT2D eigenvalue weighted by Gasteiger charge is -2.36. The molecule has 1 saturated carbocycles. The van der Waals surface area contributed by atoms with Gasteiger partial charge in [-0.3, -0.25) is 33.9 Å². The van der Waals surface area contributed by atoms with Crippen molar-refractivity contribution in [1.82, 2.24) is 34.4 Å². The summed E-state index contributed by atoms with van der Waals surface area (Å²) in [5.41, 5.74) is 4.06. The summed E-state index contributed by atoms with van der Waals surface area (Å²) >= 11 is 0. The zero-order valence-corrected chi connectivity index (χ0v) is 29.0. The summed E-state index contributed by atoms with van der Waals surface area (Å²) in [5, 5.41) is 20.3. The molecule has 14 nitrogen and oxygen atoms in total. The molecule has 4 amide bonds. The van der Waals surface area contributed by atoms with E-state index >= 15 is 0 Å². The van der Waals surface area contributed by atoms with Crippen molar-refractivity contribution >= 4 is 45.9 Å². The van der Waals surface area contributed by atoms with Crippen LogP contribution in [0.25, 0.3) is 16.6 Å². The van der Waals surface area contributed by atoms with Crippen LogP contribution in [0.15, 0.2) is 61.3 Å². The maximum Gasteiger partial charge on any atom is 0.329 e. The maximum atomic E-state index is 12.9. The Morgan fingerprint density at radius 1 is 1.04 bits per heavy atom. The van der Waals surface area contributed by atoms with E-state index in [0.29, 0.717) is 52.8 Å². The minimum absolute atomic E-state index is 0.248. The lowest BCUT2D eigenvalue weighted by Crippen LogP contribution is -2.50. The highest BCUT2D eigenvalue weighted by Gasteiger charge is 2.29. The quantitative estimate of drug-likeness (QED) is 0.220. The topological polar surface area (TPSA) is 163 Å². The molecule has 4 aromatic heterocycles. The van der Waals surface area contributed by atoms with Crippen LogP contribution in [0.1, 0.15) is 78.4 Å². The molecule has 14 heteroatoms. The number of methoxy groups -OCH3 is 1. The van der Waals surface area contributed by atoms with Crippen molar-refractivity contribution in [3.8, 4) is 11.8 Å². The van der Waals surface area contributed by atoms with E-state index in [2.05, 4.69) is 48.5 Å². The molecule has 0 spiro atoms. The highest BCUT2D eigenvalue weighted by atomic mass is 16.5. The number of imide groups is 1. The fraction of sp³-hybridized carbons (Fsp3) is 0.395. The number of ether oxygens (including phenoxy) is 1. The van der Waals surface area contributed by atoms with Gasteiger partial charge in [0.15, 0.2) is 0 Å². The molecule has 0 unspecified atom stereocenters. The Labute approximate surface area is 300 Å². The standard InChI is InChI=1S/C38H40N10O4/c1-52-33-17-31-29(15-32(33)42-37(50)28-14-25(18-39)19-40-20-28)23-48(44-31)30-4-2-24(3-5-30)22-45-10-6-26(7-11-45)27-8-12-46-34(16-27)41-21-36(46)47-13-9-35(49)43-38(47)51/h8,12,14-17,19-21,23-24,26,30H,2-7,9-11,13,22H2,1H3,(H,42,50)(H,43,49,51). The largest absolute Gasteiger partial charge is 0.494 e. The molecule has 2 saturated heterocycles. The number of rotatable bonds is 8. The van der Waals surface area contributed by atoms with Gasteiger partial charge in [-0.25, -0.2) is 9.78 Å². The van der Waals surface area contributed by atoms with Crippen molar-refractivity contribution in [2.24, 2.45) is 5.92 Å². The van der Waals surface area contributed by atoms with Gasteiger partial charge in [0.2, 0.25) is 5.91 Å². The van der Waals surface area contributed by atoms with Crippen LogP contribution in [0.3, 0.4) is 0 Å². The average molecular weight is 701 g/mol. The van der Waals surface area contributed by atoms with E-state index in [1.165, 1.54) is 24.0 Å². The molecule has 2 N–H and O–H groups in total. The number of hydrogen-bond donors (Lipinski definition) is 2. The number of nitriles is 1. The Hall–Kier alpha value is -5.81. The summed E-state index contributed by atoms with van der Waals surface area (Å²) in [6.45, 7) is 3.61. The first kappa shape index (κ1) is 33.3. The number of piperidine rings is 1. The molecular formula is C38H40N10O4. The van der Waals surface area contributed by atoms with Gasteiger partial charge in [-0.05, 0) is 93.3 Å². The molecule has 1 aliphatic carbocycles. The van der Waals surface area contributed by atoms with Crippen LogP contribution in [0.2, 0.25) is 0 Å². The number of hydrogen-bond acceptors (Lipinski definition) is 9. The second-order valence-electron chi connectivity index (χ2n) is 14.1. The predicted molar refractivity (Wildman–Crippen MR) is 193 cm³/mol. The number of carbonyl (C=O) groups excluding carboxylic acids is 3. The van der Waals surface area contributed by atoms with Crippen LogP contribution in [0, 0.1) is 17.2 Å². The zero-order chi connectivity index (χ0) is 35.8. The summed E-state index contributed by atoms with van der Waals surface area (Å²) in [4.78, 5) is 49.7. The summed E-state index contributed by atoms with van der Waals surface area (Å²) < 4.78 is 9.59. The number of anilines is 2. The number of urea groups is 1. The minimum atomic E-state index is -0.406. The lowest BCUT2D eigenvalue weighted by molar-refractivity contribution is -0.120. The second-order valence-corrected chi connectivity index (χ2v) is 14.1. The first-order valence-electron chi connectivity index (χ1n) is 17.9. The van der Waals surface area contributed by atoms with E-state index in [1.54, 1.807) is 18.2 Å². The van der Waals surface area contributed by atoms with Crippen LogP contribution in [-0.4, -0.2) is 80.2 Å². The van der Waals surface area contributed by atoms with E-state index in [-0.39, 0.29) is 18.2 Å². The number of carbonyl (C=O) groups is 3. The summed E-state index contributed by atoms with van der Waals surface area (Å²) in [6.07, 6.45) is 15.5. The third-order valence-corrected chi connectivity index (χ3v) is 10.8. The Morgan fingerprint density at radius 3 is 2.63 bits per heavy atom. The number of nitrogens with one attached hydrogen (secondary N) is 2. The number of benzene rings is 1. The Kier molecular flexibility index (Phi) is 9.02. The summed E-state index contributed by atoms with van der Waals surface area (Å²) in [7, 11) is 1.57. The van der Waals surface area contributed by atoms with Crippen molar-refractivity contribution in [3.63, 3.8) is 0 Å². The fourth-order valence-electron chi connectivity index (χ4n) is 7.97. The van der Waals surface area contributed by atoms with Crippen molar-refractivity contribution in [3.05, 3.63) is 78.0 Å². The second kappa shape index (κ2) is 14.1. The van der Waals surface area contributed by atoms with Crippen LogP contribution in [0.4, 0.5) is 16.3 Å². The molecular weight excluding hydrogens is 660 g/mol. The number of likely N-dealkylation sites (tertiary alicyclic amines) is 1. The van der Waals surface area contributed by atoms with Gasteiger partial charge in [0.05, 0.1) is 41.7 Å². The Morgan fingerprint density at radius 2 is 1.87 bits per heavy atom. The third-order valence-electron chi connectivity index (χ3n) is 10.8. The molecule has 2 aliphatic heterocycles. The van der Waals surface area contributed by atoms with E-state index < -0.39 is 6.03 Å². The molecule has 5 aromatic rings. The van der Waals surface area contributed by atoms with E-state index in [9.17, 15) is 19.6 Å². The number of fused-ring (bicyclic) bond motifs is 2. The first-order valence-corrected chi connectivity index (χ1v) is 17.9. The van der Waals surface area contributed by atoms with Gasteiger partial charge < -0.3 is 15.0 Å². The van der Waals surface area contributed by atoms with Gasteiger partial charge in [0.25, 0.3) is 5.91 Å². The van der Waals surface area contributed by atoms with E-state index in [4.69, 9.17) is 9.84 Å². The van der Waals surface area contributed by atoms with Crippen molar-refractivity contribution in [2.75, 3.05) is 43.5 Å². The van der Waals surface area contributed by atoms with Gasteiger partial charge in [0.1, 0.15) is 23.3 Å². The predicted octanol–water partition coefficient (Wildman–Crippen LogP) is 5.27. The van der Waals surface area contributed by atoms with Gasteiger partial charge >= 0.3 is 6.03 Å². The molecule has 6 heterocycles. The zero-order valence-electron chi connectivity index (χ0n) is 29.0. The highest BCUT2D eigenvalue weighted by molar-refractivity contribution is 6.06. The molecule has 1 aromatic carbocycles. The Bertz CT molecular complexity index is 2200. The highest BCUT2D eigenvalue weighted by Crippen LogP contribution is 2.37. The van der Waals surface area contributed by atoms with E-state index in [0.717, 1.165) is 74.7 Å². The minimum Gasteiger partial charge on any atom is -0.494 e. The summed E-state index contributed by atoms with van der Waals surface area (Å²) in [6, 6.07) is 11.5. The third kappa shape index (κ3) is 6.67. The van der Waals surface area contributed by atoms with Crippen molar-refractivity contribution in [2.45, 2.75) is 56.9 Å². The molecule has 3 fully saturated rings. The fourth-order valence-corrected chi connectivity index (χ4v) is 7.97. The van der Waals surface area contributed by atoms with Crippen molar-refractivity contribution in [1.29, 1.82) is 5.26 Å². The van der Waals surface area contributed by atoms with Gasteiger partial charge in [-0.1, -0.05) is 0 Å². The Balaban J connectivity index is 0.842. The smallest absolute Gasteiger partial charge is 0.329 e. The van der Waals surface area contributed by atoms with Crippen LogP contribution >= 0.6 is 0 Å². The molecule has 52 heavy (non-hydrogen) atoms. The van der Waals surface area contributed by atoms with Crippen molar-refractivity contribution < 1.29 is 19.1 Å². The SMILES string of the molecule is COc1cc2nn(C3CCC(CN4CCC(c5ccn6c(N7CCC(=O)NC7=O)cnc6c5)CC4)CC3)cc2cc1NC(=O)c1cncc(C#N)c1.